The van der Waals surface area contributed by atoms with E-state index in [1.807, 2.05) is 72.2 Å². The number of aryl methyl sites for hydroxylation is 1. The van der Waals surface area contributed by atoms with E-state index < -0.39 is 0 Å². The average molecular weight is 610 g/mol. The molecule has 1 atom stereocenters. The molecule has 1 unspecified atom stereocenters. The quantitative estimate of drug-likeness (QED) is 0.235. The molecule has 2 aliphatic heterocycles. The third-order valence-electron chi connectivity index (χ3n) is 7.53. The van der Waals surface area contributed by atoms with E-state index in [0.717, 1.165) is 35.8 Å². The van der Waals surface area contributed by atoms with Crippen molar-refractivity contribution in [3.05, 3.63) is 65.3 Å². The maximum absolute atomic E-state index is 13.0. The number of rotatable bonds is 7. The third-order valence-corrected chi connectivity index (χ3v) is 8.55. The predicted octanol–water partition coefficient (Wildman–Crippen LogP) is 4.63. The van der Waals surface area contributed by atoms with E-state index in [2.05, 4.69) is 20.1 Å². The van der Waals surface area contributed by atoms with Crippen LogP contribution in [0, 0.1) is 6.92 Å². The summed E-state index contributed by atoms with van der Waals surface area (Å²) in [6.45, 7) is 8.53. The zero-order valence-electron chi connectivity index (χ0n) is 24.1. The first kappa shape index (κ1) is 29.8. The Morgan fingerprint density at radius 2 is 1.76 bits per heavy atom. The van der Waals surface area contributed by atoms with Crippen molar-refractivity contribution in [1.29, 1.82) is 0 Å². The van der Waals surface area contributed by atoms with E-state index in [-0.39, 0.29) is 23.7 Å². The van der Waals surface area contributed by atoms with Crippen molar-refractivity contribution < 1.29 is 14.3 Å². The van der Waals surface area contributed by atoms with Gasteiger partial charge in [-0.15, -0.1) is 0 Å². The number of aromatic nitrogens is 2. The van der Waals surface area contributed by atoms with Gasteiger partial charge in [0.2, 0.25) is 5.91 Å². The molecule has 2 fully saturated rings. The van der Waals surface area contributed by atoms with Crippen molar-refractivity contribution in [1.82, 2.24) is 19.8 Å². The van der Waals surface area contributed by atoms with Gasteiger partial charge in [0.05, 0.1) is 18.6 Å². The third kappa shape index (κ3) is 7.19. The maximum atomic E-state index is 13.0. The fourth-order valence-corrected chi connectivity index (χ4v) is 6.29. The number of methoxy groups -OCH3 is 1. The highest BCUT2D eigenvalue weighted by Crippen LogP contribution is 2.29. The average Bonchev–Trinajstić information content (AvgIpc) is 2.99. The van der Waals surface area contributed by atoms with Crippen LogP contribution in [0.15, 0.2) is 59.8 Å². The number of carbonyl (C=O) groups excluding carboxylic acids is 2. The van der Waals surface area contributed by atoms with Gasteiger partial charge >= 0.3 is 6.03 Å². The van der Waals surface area contributed by atoms with Crippen molar-refractivity contribution in [3.63, 3.8) is 0 Å². The summed E-state index contributed by atoms with van der Waals surface area (Å²) in [5.41, 5.74) is 2.92. The number of nitrogens with one attached hydrogen (secondary N) is 1. The highest BCUT2D eigenvalue weighted by Gasteiger charge is 2.29. The molecule has 222 valence electrons. The molecule has 3 heterocycles. The fraction of sp³-hybridized carbons (Fsp3) is 0.400. The van der Waals surface area contributed by atoms with Crippen LogP contribution in [0.3, 0.4) is 0 Å². The number of ether oxygens (including phenoxy) is 1. The van der Waals surface area contributed by atoms with Crippen LogP contribution in [-0.4, -0.2) is 96.4 Å². The van der Waals surface area contributed by atoms with Gasteiger partial charge < -0.3 is 29.7 Å². The van der Waals surface area contributed by atoms with Crippen LogP contribution in [-0.2, 0) is 4.79 Å². The van der Waals surface area contributed by atoms with Crippen molar-refractivity contribution >= 4 is 52.5 Å². The lowest BCUT2D eigenvalue weighted by Crippen LogP contribution is -2.55. The molecule has 2 aliphatic rings. The van der Waals surface area contributed by atoms with Crippen LogP contribution in [0.1, 0.15) is 12.5 Å². The number of halogens is 1. The number of piperazine rings is 2. The first-order valence-corrected chi connectivity index (χ1v) is 15.4. The summed E-state index contributed by atoms with van der Waals surface area (Å²) in [6.07, 6.45) is 0. The van der Waals surface area contributed by atoms with Crippen LogP contribution in [0.25, 0.3) is 0 Å². The Balaban J connectivity index is 1.13. The van der Waals surface area contributed by atoms with E-state index in [0.29, 0.717) is 48.9 Å². The number of nitrogens with zero attached hydrogens (tertiary/aromatic N) is 6. The molecule has 0 radical (unpaired) electrons. The van der Waals surface area contributed by atoms with Gasteiger partial charge in [0.15, 0.2) is 5.16 Å². The molecule has 12 heteroatoms. The first-order chi connectivity index (χ1) is 20.3. The van der Waals surface area contributed by atoms with Gasteiger partial charge in [0.1, 0.15) is 16.7 Å². The minimum absolute atomic E-state index is 0.0375. The standard InChI is InChI=1S/C30H36ClN7O3S/c1-21-7-6-8-23(17-21)32-30(40)38-16-15-37(19-22(38)2)27-18-26(31)33-29(34-27)42-20-28(39)36-13-11-35(12-14-36)24-9-4-5-10-25(24)41-3/h4-10,17-18,22H,11-16,19-20H2,1-3H3,(H,32,40). The van der Waals surface area contributed by atoms with Crippen molar-refractivity contribution in [2.45, 2.75) is 25.0 Å². The Morgan fingerprint density at radius 1 is 1.00 bits per heavy atom. The Bertz CT molecular complexity index is 1420. The SMILES string of the molecule is COc1ccccc1N1CCN(C(=O)CSc2nc(Cl)cc(N3CCN(C(=O)Nc4cccc(C)c4)C(C)C3)n2)CC1. The van der Waals surface area contributed by atoms with Crippen LogP contribution in [0.4, 0.5) is 22.0 Å². The largest absolute Gasteiger partial charge is 0.495 e. The van der Waals surface area contributed by atoms with E-state index in [9.17, 15) is 9.59 Å². The molecule has 0 bridgehead atoms. The van der Waals surface area contributed by atoms with E-state index in [1.54, 1.807) is 13.2 Å². The molecular weight excluding hydrogens is 574 g/mol. The normalized spacial score (nSPS) is 17.3. The number of hydrogen-bond donors (Lipinski definition) is 1. The zero-order valence-corrected chi connectivity index (χ0v) is 25.7. The van der Waals surface area contributed by atoms with Gasteiger partial charge in [-0.25, -0.2) is 14.8 Å². The number of para-hydroxylation sites is 2. The maximum Gasteiger partial charge on any atom is 0.322 e. The Morgan fingerprint density at radius 3 is 2.50 bits per heavy atom. The number of thioether (sulfide) groups is 1. The monoisotopic (exact) mass is 609 g/mol. The van der Waals surface area contributed by atoms with Crippen molar-refractivity contribution in [3.8, 4) is 5.75 Å². The molecule has 0 saturated carbocycles. The summed E-state index contributed by atoms with van der Waals surface area (Å²) < 4.78 is 5.50. The van der Waals surface area contributed by atoms with Gasteiger partial charge in [-0.3, -0.25) is 4.79 Å². The summed E-state index contributed by atoms with van der Waals surface area (Å²) in [4.78, 5) is 43.1. The molecular formula is C30H36ClN7O3S. The minimum atomic E-state index is -0.119. The van der Waals surface area contributed by atoms with E-state index in [4.69, 9.17) is 21.3 Å². The molecule has 42 heavy (non-hydrogen) atoms. The van der Waals surface area contributed by atoms with Gasteiger partial charge in [0, 0.05) is 63.6 Å². The topological polar surface area (TPSA) is 94.1 Å². The van der Waals surface area contributed by atoms with Gasteiger partial charge in [-0.2, -0.15) is 0 Å². The van der Waals surface area contributed by atoms with Crippen LogP contribution >= 0.6 is 23.4 Å². The lowest BCUT2D eigenvalue weighted by molar-refractivity contribution is -0.128. The second-order valence-electron chi connectivity index (χ2n) is 10.4. The molecule has 5 rings (SSSR count). The van der Waals surface area contributed by atoms with Crippen molar-refractivity contribution in [2.24, 2.45) is 0 Å². The van der Waals surface area contributed by atoms with E-state index in [1.165, 1.54) is 11.8 Å². The van der Waals surface area contributed by atoms with Gasteiger partial charge in [-0.1, -0.05) is 47.6 Å². The summed E-state index contributed by atoms with van der Waals surface area (Å²) in [5, 5.41) is 3.79. The summed E-state index contributed by atoms with van der Waals surface area (Å²) in [5.74, 6) is 1.81. The number of anilines is 3. The molecule has 1 aromatic heterocycles. The van der Waals surface area contributed by atoms with Crippen LogP contribution in [0.2, 0.25) is 5.15 Å². The molecule has 3 aromatic rings. The van der Waals surface area contributed by atoms with E-state index >= 15 is 0 Å². The summed E-state index contributed by atoms with van der Waals surface area (Å²) in [6, 6.07) is 17.3. The summed E-state index contributed by atoms with van der Waals surface area (Å²) >= 11 is 7.67. The van der Waals surface area contributed by atoms with Gasteiger partial charge in [0.25, 0.3) is 0 Å². The number of hydrogen-bond acceptors (Lipinski definition) is 8. The molecule has 2 saturated heterocycles. The smallest absolute Gasteiger partial charge is 0.322 e. The zero-order chi connectivity index (χ0) is 29.6. The Labute approximate surface area is 256 Å². The lowest BCUT2D eigenvalue weighted by atomic mass is 10.2. The number of carbonyl (C=O) groups is 2. The molecule has 2 aromatic carbocycles. The molecule has 10 nitrogen and oxygen atoms in total. The predicted molar refractivity (Wildman–Crippen MR) is 168 cm³/mol. The van der Waals surface area contributed by atoms with Crippen molar-refractivity contribution in [2.75, 3.05) is 73.8 Å². The van der Waals surface area contributed by atoms with Crippen LogP contribution in [0.5, 0.6) is 5.75 Å². The molecule has 0 spiro atoms. The molecule has 0 aliphatic carbocycles. The number of urea groups is 1. The second kappa shape index (κ2) is 13.5. The van der Waals surface area contributed by atoms with Gasteiger partial charge in [-0.05, 0) is 43.7 Å². The minimum Gasteiger partial charge on any atom is -0.495 e. The Kier molecular flexibility index (Phi) is 9.58. The number of amides is 3. The lowest BCUT2D eigenvalue weighted by Gasteiger charge is -2.40. The number of benzene rings is 2. The Hall–Kier alpha value is -3.70. The first-order valence-electron chi connectivity index (χ1n) is 14.0. The second-order valence-corrected chi connectivity index (χ2v) is 11.8. The van der Waals surface area contributed by atoms with Crippen LogP contribution < -0.4 is 19.9 Å². The molecule has 1 N–H and O–H groups in total. The molecule has 3 amide bonds. The highest BCUT2D eigenvalue weighted by molar-refractivity contribution is 7.99. The fourth-order valence-electron chi connectivity index (χ4n) is 5.30. The summed E-state index contributed by atoms with van der Waals surface area (Å²) in [7, 11) is 1.67. The highest BCUT2D eigenvalue weighted by atomic mass is 35.5.